The molecule has 4 nitrogen and oxygen atoms in total. The Kier molecular flexibility index (Phi) is 4.83. The molecule has 1 aliphatic rings. The predicted molar refractivity (Wildman–Crippen MR) is 84.1 cm³/mol. The standard InChI is InChI=1S/C15H25N3OS/c1-15(2,17(3)4)11-16-9-14(19)18-7-5-13-12(10-18)6-8-20-13/h6,8,16H,5,7,9-11H2,1-4H3. The van der Waals surface area contributed by atoms with E-state index in [0.717, 1.165) is 26.1 Å². The average molecular weight is 295 g/mol. The van der Waals surface area contributed by atoms with Crippen molar-refractivity contribution in [2.24, 2.45) is 0 Å². The molecule has 0 aliphatic carbocycles. The number of carbonyl (C=O) groups excluding carboxylic acids is 1. The van der Waals surface area contributed by atoms with Crippen LogP contribution in [0.4, 0.5) is 0 Å². The summed E-state index contributed by atoms with van der Waals surface area (Å²) in [7, 11) is 4.12. The molecule has 1 aromatic rings. The fourth-order valence-electron chi connectivity index (χ4n) is 2.21. The lowest BCUT2D eigenvalue weighted by molar-refractivity contribution is -0.131. The van der Waals surface area contributed by atoms with E-state index >= 15 is 0 Å². The molecule has 0 saturated heterocycles. The maximum atomic E-state index is 12.2. The molecule has 0 unspecified atom stereocenters. The molecule has 2 heterocycles. The van der Waals surface area contributed by atoms with Gasteiger partial charge in [0, 0.05) is 30.1 Å². The van der Waals surface area contributed by atoms with Crippen molar-refractivity contribution < 1.29 is 4.79 Å². The number of hydrogen-bond donors (Lipinski definition) is 1. The molecule has 0 aromatic carbocycles. The van der Waals surface area contributed by atoms with E-state index in [1.54, 1.807) is 11.3 Å². The zero-order chi connectivity index (χ0) is 14.8. The quantitative estimate of drug-likeness (QED) is 0.895. The van der Waals surface area contributed by atoms with Gasteiger partial charge in [-0.1, -0.05) is 0 Å². The zero-order valence-electron chi connectivity index (χ0n) is 12.9. The van der Waals surface area contributed by atoms with Crippen LogP contribution in [0.2, 0.25) is 0 Å². The van der Waals surface area contributed by atoms with Crippen molar-refractivity contribution in [2.75, 3.05) is 33.7 Å². The monoisotopic (exact) mass is 295 g/mol. The summed E-state index contributed by atoms with van der Waals surface area (Å²) in [5.74, 6) is 0.205. The molecule has 1 amide bonds. The normalized spacial score (nSPS) is 15.6. The van der Waals surface area contributed by atoms with Crippen LogP contribution in [-0.4, -0.2) is 55.0 Å². The molecule has 1 aromatic heterocycles. The molecular weight excluding hydrogens is 270 g/mol. The largest absolute Gasteiger partial charge is 0.337 e. The fourth-order valence-corrected chi connectivity index (χ4v) is 3.10. The third kappa shape index (κ3) is 3.59. The topological polar surface area (TPSA) is 35.6 Å². The molecule has 0 saturated carbocycles. The van der Waals surface area contributed by atoms with E-state index in [9.17, 15) is 4.79 Å². The number of nitrogens with one attached hydrogen (secondary N) is 1. The number of likely N-dealkylation sites (N-methyl/N-ethyl adjacent to an activating group) is 1. The maximum absolute atomic E-state index is 12.2. The highest BCUT2D eigenvalue weighted by molar-refractivity contribution is 7.10. The Morgan fingerprint density at radius 3 is 2.95 bits per heavy atom. The van der Waals surface area contributed by atoms with E-state index in [-0.39, 0.29) is 11.4 Å². The first-order valence-corrected chi connectivity index (χ1v) is 7.99. The van der Waals surface area contributed by atoms with Crippen molar-refractivity contribution >= 4 is 17.2 Å². The third-order valence-electron chi connectivity index (χ3n) is 4.20. The summed E-state index contributed by atoms with van der Waals surface area (Å²) in [5, 5.41) is 5.41. The second-order valence-electron chi connectivity index (χ2n) is 6.24. The molecule has 5 heteroatoms. The van der Waals surface area contributed by atoms with Gasteiger partial charge < -0.3 is 15.1 Å². The summed E-state index contributed by atoms with van der Waals surface area (Å²) in [6.45, 7) is 7.20. The first kappa shape index (κ1) is 15.5. The highest BCUT2D eigenvalue weighted by atomic mass is 32.1. The van der Waals surface area contributed by atoms with E-state index in [2.05, 4.69) is 49.6 Å². The summed E-state index contributed by atoms with van der Waals surface area (Å²) in [5.41, 5.74) is 1.38. The number of fused-ring (bicyclic) bond motifs is 1. The van der Waals surface area contributed by atoms with E-state index in [1.165, 1.54) is 10.4 Å². The second kappa shape index (κ2) is 6.24. The molecule has 0 bridgehead atoms. The van der Waals surface area contributed by atoms with Crippen molar-refractivity contribution in [2.45, 2.75) is 32.4 Å². The maximum Gasteiger partial charge on any atom is 0.236 e. The lowest BCUT2D eigenvalue weighted by atomic mass is 10.0. The van der Waals surface area contributed by atoms with Crippen LogP contribution >= 0.6 is 11.3 Å². The van der Waals surface area contributed by atoms with E-state index in [0.29, 0.717) is 6.54 Å². The Morgan fingerprint density at radius 1 is 1.50 bits per heavy atom. The summed E-state index contributed by atoms with van der Waals surface area (Å²) in [6.07, 6.45) is 1.00. The van der Waals surface area contributed by atoms with Crippen molar-refractivity contribution in [1.82, 2.24) is 15.1 Å². The molecule has 1 aliphatic heterocycles. The molecular formula is C15H25N3OS. The van der Waals surface area contributed by atoms with Gasteiger partial charge in [-0.25, -0.2) is 0 Å². The molecule has 0 fully saturated rings. The minimum Gasteiger partial charge on any atom is -0.337 e. The fraction of sp³-hybridized carbons (Fsp3) is 0.667. The van der Waals surface area contributed by atoms with E-state index in [1.807, 2.05) is 4.90 Å². The van der Waals surface area contributed by atoms with Gasteiger partial charge in [0.1, 0.15) is 0 Å². The molecule has 1 N–H and O–H groups in total. The first-order chi connectivity index (χ1) is 9.40. The van der Waals surface area contributed by atoms with Gasteiger partial charge >= 0.3 is 0 Å². The third-order valence-corrected chi connectivity index (χ3v) is 5.23. The highest BCUT2D eigenvalue weighted by Gasteiger charge is 2.23. The Balaban J connectivity index is 1.79. The van der Waals surface area contributed by atoms with Gasteiger partial charge in [0.25, 0.3) is 0 Å². The number of carbonyl (C=O) groups is 1. The molecule has 0 spiro atoms. The number of thiophene rings is 1. The molecule has 2 rings (SSSR count). The Hall–Kier alpha value is -0.910. The van der Waals surface area contributed by atoms with Crippen molar-refractivity contribution in [1.29, 1.82) is 0 Å². The summed E-state index contributed by atoms with van der Waals surface area (Å²) >= 11 is 1.80. The number of hydrogen-bond acceptors (Lipinski definition) is 4. The van der Waals surface area contributed by atoms with Crippen molar-refractivity contribution in [3.05, 3.63) is 21.9 Å². The summed E-state index contributed by atoms with van der Waals surface area (Å²) in [4.78, 5) is 17.8. The molecule has 20 heavy (non-hydrogen) atoms. The van der Waals surface area contributed by atoms with Crippen LogP contribution in [0.5, 0.6) is 0 Å². The van der Waals surface area contributed by atoms with Crippen LogP contribution in [-0.2, 0) is 17.8 Å². The van der Waals surface area contributed by atoms with Gasteiger partial charge in [-0.3, -0.25) is 4.79 Å². The van der Waals surface area contributed by atoms with Gasteiger partial charge in [-0.2, -0.15) is 0 Å². The number of nitrogens with zero attached hydrogens (tertiary/aromatic N) is 2. The lowest BCUT2D eigenvalue weighted by Crippen LogP contribution is -2.49. The van der Waals surface area contributed by atoms with Crippen molar-refractivity contribution in [3.63, 3.8) is 0 Å². The van der Waals surface area contributed by atoms with Gasteiger partial charge in [0.15, 0.2) is 0 Å². The predicted octanol–water partition coefficient (Wildman–Crippen LogP) is 1.56. The lowest BCUT2D eigenvalue weighted by Gasteiger charge is -2.33. The van der Waals surface area contributed by atoms with E-state index in [4.69, 9.17) is 0 Å². The van der Waals surface area contributed by atoms with Crippen LogP contribution in [0.15, 0.2) is 11.4 Å². The van der Waals surface area contributed by atoms with Crippen molar-refractivity contribution in [3.8, 4) is 0 Å². The van der Waals surface area contributed by atoms with Crippen LogP contribution in [0.25, 0.3) is 0 Å². The average Bonchev–Trinajstić information content (AvgIpc) is 2.85. The minimum atomic E-state index is 0.0582. The van der Waals surface area contributed by atoms with Crippen LogP contribution in [0, 0.1) is 0 Å². The van der Waals surface area contributed by atoms with Crippen LogP contribution in [0.1, 0.15) is 24.3 Å². The Labute approximate surface area is 125 Å². The Morgan fingerprint density at radius 2 is 2.25 bits per heavy atom. The van der Waals surface area contributed by atoms with Crippen LogP contribution < -0.4 is 5.32 Å². The van der Waals surface area contributed by atoms with Crippen LogP contribution in [0.3, 0.4) is 0 Å². The SMILES string of the molecule is CN(C)C(C)(C)CNCC(=O)N1CCc2sccc2C1. The molecule has 0 atom stereocenters. The summed E-state index contributed by atoms with van der Waals surface area (Å²) < 4.78 is 0. The molecule has 0 radical (unpaired) electrons. The zero-order valence-corrected chi connectivity index (χ0v) is 13.7. The first-order valence-electron chi connectivity index (χ1n) is 7.11. The van der Waals surface area contributed by atoms with Gasteiger partial charge in [-0.15, -0.1) is 11.3 Å². The van der Waals surface area contributed by atoms with E-state index < -0.39 is 0 Å². The highest BCUT2D eigenvalue weighted by Crippen LogP contribution is 2.23. The summed E-state index contributed by atoms with van der Waals surface area (Å²) in [6, 6.07) is 2.14. The van der Waals surface area contributed by atoms with Gasteiger partial charge in [-0.05, 0) is 51.4 Å². The Bertz CT molecular complexity index is 467. The van der Waals surface area contributed by atoms with Gasteiger partial charge in [0.2, 0.25) is 5.91 Å². The molecule has 112 valence electrons. The number of amides is 1. The number of rotatable bonds is 5. The second-order valence-corrected chi connectivity index (χ2v) is 7.25. The minimum absolute atomic E-state index is 0.0582. The van der Waals surface area contributed by atoms with Gasteiger partial charge in [0.05, 0.1) is 6.54 Å². The smallest absolute Gasteiger partial charge is 0.236 e.